The fourth-order valence-corrected chi connectivity index (χ4v) is 6.54. The van der Waals surface area contributed by atoms with Crippen LogP contribution in [0.5, 0.6) is 0 Å². The molecule has 3 aliphatic rings. The molecule has 3 fully saturated rings. The van der Waals surface area contributed by atoms with Gasteiger partial charge in [-0.2, -0.15) is 0 Å². The summed E-state index contributed by atoms with van der Waals surface area (Å²) in [4.78, 5) is 45.9. The molecule has 1 aromatic heterocycles. The molecule has 0 radical (unpaired) electrons. The molecule has 7 nitrogen and oxygen atoms in total. The number of ether oxygens (including phenoxy) is 1. The third-order valence-electron chi connectivity index (χ3n) is 6.13. The quantitative estimate of drug-likeness (QED) is 0.532. The Morgan fingerprint density at radius 1 is 1.13 bits per heavy atom. The molecule has 3 heterocycles. The highest BCUT2D eigenvalue weighted by molar-refractivity contribution is 8.01. The molecule has 1 saturated carbocycles. The lowest BCUT2D eigenvalue weighted by Gasteiger charge is -2.26. The average molecular weight is 446 g/mol. The highest BCUT2D eigenvalue weighted by atomic mass is 32.2. The van der Waals surface area contributed by atoms with Crippen LogP contribution in [0.2, 0.25) is 0 Å². The Labute approximate surface area is 182 Å². The van der Waals surface area contributed by atoms with Gasteiger partial charge in [-0.25, -0.2) is 4.98 Å². The van der Waals surface area contributed by atoms with E-state index in [9.17, 15) is 14.4 Å². The van der Waals surface area contributed by atoms with Gasteiger partial charge >= 0.3 is 0 Å². The topological polar surface area (TPSA) is 79.8 Å². The van der Waals surface area contributed by atoms with Crippen molar-refractivity contribution in [1.29, 1.82) is 0 Å². The van der Waals surface area contributed by atoms with Crippen molar-refractivity contribution in [3.63, 3.8) is 0 Å². The standard InChI is InChI=1S/C21H23N3O4S2/c25-18(23-7-9-28-10-8-23)12-29-21-22-16-6-5-13(11-17(16)30-21)24-19(26)14-3-1-2-4-15(14)20(24)27/h5-6,11,14-15H,1-4,7-10,12H2/t14-,15-/m0/s1. The summed E-state index contributed by atoms with van der Waals surface area (Å²) in [5.74, 6) is 0.0261. The second-order valence-corrected chi connectivity index (χ2v) is 10.2. The number of aromatic nitrogens is 1. The van der Waals surface area contributed by atoms with Gasteiger partial charge in [0.25, 0.3) is 0 Å². The van der Waals surface area contributed by atoms with Gasteiger partial charge in [-0.3, -0.25) is 19.3 Å². The largest absolute Gasteiger partial charge is 0.378 e. The summed E-state index contributed by atoms with van der Waals surface area (Å²) in [5, 5.41) is 0. The first-order valence-corrected chi connectivity index (χ1v) is 12.2. The van der Waals surface area contributed by atoms with Crippen LogP contribution in [0, 0.1) is 11.8 Å². The van der Waals surface area contributed by atoms with E-state index < -0.39 is 0 Å². The van der Waals surface area contributed by atoms with Crippen LogP contribution < -0.4 is 4.90 Å². The second kappa shape index (κ2) is 8.28. The minimum Gasteiger partial charge on any atom is -0.378 e. The van der Waals surface area contributed by atoms with Crippen molar-refractivity contribution in [2.45, 2.75) is 30.0 Å². The SMILES string of the molecule is O=C(CSc1nc2ccc(N3C(=O)[C@H]4CCCC[C@@H]4C3=O)cc2s1)N1CCOCC1. The van der Waals surface area contributed by atoms with Crippen LogP contribution in [0.4, 0.5) is 5.69 Å². The second-order valence-electron chi connectivity index (χ2n) is 7.92. The number of rotatable bonds is 4. The molecule has 30 heavy (non-hydrogen) atoms. The number of fused-ring (bicyclic) bond motifs is 2. The van der Waals surface area contributed by atoms with Crippen molar-refractivity contribution >= 4 is 56.7 Å². The first-order valence-electron chi connectivity index (χ1n) is 10.4. The molecule has 158 valence electrons. The Morgan fingerprint density at radius 3 is 2.53 bits per heavy atom. The smallest absolute Gasteiger partial charge is 0.237 e. The van der Waals surface area contributed by atoms with Crippen LogP contribution in [-0.4, -0.2) is 59.7 Å². The number of imide groups is 1. The van der Waals surface area contributed by atoms with Gasteiger partial charge in [0, 0.05) is 13.1 Å². The number of carbonyl (C=O) groups is 3. The predicted octanol–water partition coefficient (Wildman–Crippen LogP) is 2.93. The maximum Gasteiger partial charge on any atom is 0.237 e. The van der Waals surface area contributed by atoms with Gasteiger partial charge in [0.2, 0.25) is 17.7 Å². The van der Waals surface area contributed by atoms with Crippen molar-refractivity contribution in [3.05, 3.63) is 18.2 Å². The predicted molar refractivity (Wildman–Crippen MR) is 116 cm³/mol. The maximum atomic E-state index is 12.9. The molecule has 5 rings (SSSR count). The van der Waals surface area contributed by atoms with Gasteiger partial charge in [-0.05, 0) is 31.0 Å². The number of benzene rings is 1. The normalized spacial score (nSPS) is 24.5. The highest BCUT2D eigenvalue weighted by Gasteiger charge is 2.48. The summed E-state index contributed by atoms with van der Waals surface area (Å²) in [6.45, 7) is 2.47. The molecule has 2 aliphatic heterocycles. The number of anilines is 1. The molecule has 1 aliphatic carbocycles. The zero-order chi connectivity index (χ0) is 20.7. The third-order valence-corrected chi connectivity index (χ3v) is 8.28. The molecule has 0 spiro atoms. The Hall–Kier alpha value is -1.97. The number of thioether (sulfide) groups is 1. The Morgan fingerprint density at radius 2 is 1.83 bits per heavy atom. The molecule has 2 aromatic rings. The van der Waals surface area contributed by atoms with Crippen molar-refractivity contribution < 1.29 is 19.1 Å². The molecule has 0 N–H and O–H groups in total. The monoisotopic (exact) mass is 445 g/mol. The van der Waals surface area contributed by atoms with Crippen LogP contribution in [0.3, 0.4) is 0 Å². The summed E-state index contributed by atoms with van der Waals surface area (Å²) in [7, 11) is 0. The van der Waals surface area contributed by atoms with Gasteiger partial charge in [0.15, 0.2) is 4.34 Å². The number of hydrogen-bond acceptors (Lipinski definition) is 7. The molecule has 9 heteroatoms. The van der Waals surface area contributed by atoms with Crippen LogP contribution in [0.25, 0.3) is 10.2 Å². The van der Waals surface area contributed by atoms with Crippen LogP contribution in [0.15, 0.2) is 22.5 Å². The van der Waals surface area contributed by atoms with Gasteiger partial charge < -0.3 is 9.64 Å². The zero-order valence-corrected chi connectivity index (χ0v) is 18.2. The number of nitrogens with zero attached hydrogens (tertiary/aromatic N) is 3. The maximum absolute atomic E-state index is 12.9. The van der Waals surface area contributed by atoms with Crippen LogP contribution in [0.1, 0.15) is 25.7 Å². The van der Waals surface area contributed by atoms with Crippen molar-refractivity contribution in [3.8, 4) is 0 Å². The first-order chi connectivity index (χ1) is 14.6. The number of thiazole rings is 1. The molecule has 1 aromatic carbocycles. The fourth-order valence-electron chi connectivity index (χ4n) is 4.54. The Bertz CT molecular complexity index is 977. The van der Waals surface area contributed by atoms with Crippen molar-refractivity contribution in [2.24, 2.45) is 11.8 Å². The molecule has 0 unspecified atom stereocenters. The highest BCUT2D eigenvalue weighted by Crippen LogP contribution is 2.41. The van der Waals surface area contributed by atoms with Crippen molar-refractivity contribution in [1.82, 2.24) is 9.88 Å². The average Bonchev–Trinajstić information content (AvgIpc) is 3.30. The van der Waals surface area contributed by atoms with E-state index >= 15 is 0 Å². The van der Waals surface area contributed by atoms with Crippen LogP contribution in [-0.2, 0) is 19.1 Å². The molecule has 0 bridgehead atoms. The van der Waals surface area contributed by atoms with Gasteiger partial charge in [0.05, 0.1) is 46.7 Å². The molecule has 2 saturated heterocycles. The van der Waals surface area contributed by atoms with Crippen molar-refractivity contribution in [2.75, 3.05) is 37.0 Å². The first kappa shape index (κ1) is 20.0. The zero-order valence-electron chi connectivity index (χ0n) is 16.5. The number of amides is 3. The Balaban J connectivity index is 1.31. The Kier molecular flexibility index (Phi) is 5.51. The van der Waals surface area contributed by atoms with E-state index in [-0.39, 0.29) is 29.6 Å². The summed E-state index contributed by atoms with van der Waals surface area (Å²) in [6.07, 6.45) is 3.66. The summed E-state index contributed by atoms with van der Waals surface area (Å²) in [5.41, 5.74) is 1.46. The molecule has 3 amide bonds. The van der Waals surface area contributed by atoms with E-state index in [1.165, 1.54) is 28.0 Å². The van der Waals surface area contributed by atoms with E-state index in [1.807, 2.05) is 23.1 Å². The van der Waals surface area contributed by atoms with E-state index in [1.54, 1.807) is 0 Å². The lowest BCUT2D eigenvalue weighted by atomic mass is 9.81. The number of carbonyl (C=O) groups excluding carboxylic acids is 3. The summed E-state index contributed by atoms with van der Waals surface area (Å²) in [6, 6.07) is 5.55. The summed E-state index contributed by atoms with van der Waals surface area (Å²) >= 11 is 2.93. The lowest BCUT2D eigenvalue weighted by Crippen LogP contribution is -2.41. The van der Waals surface area contributed by atoms with E-state index in [2.05, 4.69) is 4.98 Å². The lowest BCUT2D eigenvalue weighted by molar-refractivity contribution is -0.132. The van der Waals surface area contributed by atoms with Gasteiger partial charge in [0.1, 0.15) is 0 Å². The minimum absolute atomic E-state index is 0.0562. The summed E-state index contributed by atoms with van der Waals surface area (Å²) < 4.78 is 7.03. The van der Waals surface area contributed by atoms with Gasteiger partial charge in [-0.1, -0.05) is 24.6 Å². The number of hydrogen-bond donors (Lipinski definition) is 0. The van der Waals surface area contributed by atoms with E-state index in [0.717, 1.165) is 40.2 Å². The van der Waals surface area contributed by atoms with Crippen LogP contribution >= 0.6 is 23.1 Å². The molecular formula is C21H23N3O4S2. The fraction of sp³-hybridized carbons (Fsp3) is 0.524. The molecule has 2 atom stereocenters. The molecular weight excluding hydrogens is 422 g/mol. The van der Waals surface area contributed by atoms with E-state index in [4.69, 9.17) is 4.74 Å². The van der Waals surface area contributed by atoms with E-state index in [0.29, 0.717) is 37.7 Å². The number of morpholine rings is 1. The minimum atomic E-state index is -0.152. The van der Waals surface area contributed by atoms with Gasteiger partial charge in [-0.15, -0.1) is 11.3 Å². The third kappa shape index (κ3) is 3.63.